The van der Waals surface area contributed by atoms with Gasteiger partial charge in [0, 0.05) is 52.0 Å². The van der Waals surface area contributed by atoms with Crippen LogP contribution in [-0.4, -0.2) is 70.8 Å². The van der Waals surface area contributed by atoms with Crippen molar-refractivity contribution in [1.82, 2.24) is 9.80 Å². The van der Waals surface area contributed by atoms with Gasteiger partial charge in [-0.3, -0.25) is 0 Å². The molecule has 1 heterocycles. The standard InChI is InChI=1S/C14H32N2O2Si/c1-5-8-15-9-11-16(12-10-15)13-14-19(4,17-6-2)18-7-3/h5-14H2,1-4H3. The molecule has 1 aliphatic heterocycles. The molecule has 4 nitrogen and oxygen atoms in total. The highest BCUT2D eigenvalue weighted by Crippen LogP contribution is 2.15. The number of rotatable bonds is 9. The predicted molar refractivity (Wildman–Crippen MR) is 82.8 cm³/mol. The highest BCUT2D eigenvalue weighted by molar-refractivity contribution is 6.66. The van der Waals surface area contributed by atoms with Crippen molar-refractivity contribution in [1.29, 1.82) is 0 Å². The Morgan fingerprint density at radius 1 is 0.842 bits per heavy atom. The van der Waals surface area contributed by atoms with Crippen LogP contribution in [0.1, 0.15) is 27.2 Å². The minimum atomic E-state index is -1.92. The smallest absolute Gasteiger partial charge is 0.336 e. The van der Waals surface area contributed by atoms with Crippen LogP contribution in [0.3, 0.4) is 0 Å². The summed E-state index contributed by atoms with van der Waals surface area (Å²) in [6.07, 6.45) is 1.26. The van der Waals surface area contributed by atoms with Crippen LogP contribution in [0, 0.1) is 0 Å². The molecule has 0 amide bonds. The normalized spacial score (nSPS) is 18.9. The van der Waals surface area contributed by atoms with E-state index in [0.717, 1.165) is 25.8 Å². The number of piperazine rings is 1. The zero-order chi connectivity index (χ0) is 14.1. The molecule has 0 unspecified atom stereocenters. The summed E-state index contributed by atoms with van der Waals surface area (Å²) >= 11 is 0. The summed E-state index contributed by atoms with van der Waals surface area (Å²) in [6, 6.07) is 1.09. The molecule has 0 spiro atoms. The molecule has 1 aliphatic rings. The molecular weight excluding hydrogens is 256 g/mol. The lowest BCUT2D eigenvalue weighted by atomic mass is 10.3. The van der Waals surface area contributed by atoms with Gasteiger partial charge in [-0.2, -0.15) is 0 Å². The Balaban J connectivity index is 2.28. The molecular formula is C14H32N2O2Si. The molecule has 0 N–H and O–H groups in total. The molecule has 1 rings (SSSR count). The zero-order valence-electron chi connectivity index (χ0n) is 13.3. The minimum absolute atomic E-state index is 0.771. The molecule has 0 radical (unpaired) electrons. The summed E-state index contributed by atoms with van der Waals surface area (Å²) in [6.45, 7) is 17.3. The van der Waals surface area contributed by atoms with Crippen LogP contribution in [0.25, 0.3) is 0 Å². The Morgan fingerprint density at radius 3 is 1.74 bits per heavy atom. The molecule has 0 atom stereocenters. The van der Waals surface area contributed by atoms with E-state index < -0.39 is 8.56 Å². The van der Waals surface area contributed by atoms with Crippen molar-refractivity contribution in [3.63, 3.8) is 0 Å². The molecule has 0 bridgehead atoms. The second kappa shape index (κ2) is 9.08. The average Bonchev–Trinajstić information content (AvgIpc) is 2.39. The highest BCUT2D eigenvalue weighted by Gasteiger charge is 2.31. The Bertz CT molecular complexity index is 227. The van der Waals surface area contributed by atoms with E-state index in [9.17, 15) is 0 Å². The predicted octanol–water partition coefficient (Wildman–Crippen LogP) is 2.16. The van der Waals surface area contributed by atoms with Crippen molar-refractivity contribution < 1.29 is 8.85 Å². The maximum atomic E-state index is 5.90. The van der Waals surface area contributed by atoms with Crippen molar-refractivity contribution in [2.24, 2.45) is 0 Å². The van der Waals surface area contributed by atoms with Gasteiger partial charge in [-0.15, -0.1) is 0 Å². The van der Waals surface area contributed by atoms with E-state index in [0.29, 0.717) is 0 Å². The summed E-state index contributed by atoms with van der Waals surface area (Å²) in [4.78, 5) is 5.13. The number of hydrogen-bond donors (Lipinski definition) is 0. The number of nitrogens with zero attached hydrogens (tertiary/aromatic N) is 2. The fraction of sp³-hybridized carbons (Fsp3) is 1.00. The molecule has 114 valence electrons. The van der Waals surface area contributed by atoms with Crippen molar-refractivity contribution in [3.05, 3.63) is 0 Å². The largest absolute Gasteiger partial charge is 0.395 e. The molecule has 0 aromatic carbocycles. The van der Waals surface area contributed by atoms with Gasteiger partial charge >= 0.3 is 8.56 Å². The summed E-state index contributed by atoms with van der Waals surface area (Å²) in [5.41, 5.74) is 0. The maximum Gasteiger partial charge on any atom is 0.336 e. The van der Waals surface area contributed by atoms with Crippen LogP contribution >= 0.6 is 0 Å². The molecule has 0 aromatic heterocycles. The van der Waals surface area contributed by atoms with Crippen LogP contribution in [0.2, 0.25) is 12.6 Å². The van der Waals surface area contributed by atoms with Crippen LogP contribution in [-0.2, 0) is 8.85 Å². The van der Waals surface area contributed by atoms with E-state index in [1.165, 1.54) is 39.1 Å². The Morgan fingerprint density at radius 2 is 1.32 bits per heavy atom. The third-order valence-corrected chi connectivity index (χ3v) is 6.72. The highest BCUT2D eigenvalue weighted by atomic mass is 28.4. The van der Waals surface area contributed by atoms with E-state index in [1.54, 1.807) is 0 Å². The van der Waals surface area contributed by atoms with E-state index >= 15 is 0 Å². The average molecular weight is 289 g/mol. The minimum Gasteiger partial charge on any atom is -0.395 e. The second-order valence-electron chi connectivity index (χ2n) is 5.43. The first-order valence-electron chi connectivity index (χ1n) is 7.86. The van der Waals surface area contributed by atoms with Crippen LogP contribution < -0.4 is 0 Å². The van der Waals surface area contributed by atoms with Gasteiger partial charge in [-0.1, -0.05) is 6.92 Å². The van der Waals surface area contributed by atoms with Crippen LogP contribution in [0.4, 0.5) is 0 Å². The van der Waals surface area contributed by atoms with E-state index in [4.69, 9.17) is 8.85 Å². The Labute approximate surface area is 120 Å². The van der Waals surface area contributed by atoms with E-state index in [1.807, 2.05) is 0 Å². The first kappa shape index (κ1) is 17.1. The SMILES string of the molecule is CCCN1CCN(CC[Si](C)(OCC)OCC)CC1. The maximum absolute atomic E-state index is 5.90. The molecule has 0 aromatic rings. The summed E-state index contributed by atoms with van der Waals surface area (Å²) < 4.78 is 11.8. The topological polar surface area (TPSA) is 24.9 Å². The first-order chi connectivity index (χ1) is 9.13. The van der Waals surface area contributed by atoms with Crippen LogP contribution in [0.15, 0.2) is 0 Å². The van der Waals surface area contributed by atoms with Gasteiger partial charge in [0.05, 0.1) is 0 Å². The molecule has 0 aliphatic carbocycles. The fourth-order valence-electron chi connectivity index (χ4n) is 2.71. The second-order valence-corrected chi connectivity index (χ2v) is 8.78. The molecule has 19 heavy (non-hydrogen) atoms. The Kier molecular flexibility index (Phi) is 8.17. The lowest BCUT2D eigenvalue weighted by Gasteiger charge is -2.36. The monoisotopic (exact) mass is 288 g/mol. The molecule has 0 saturated carbocycles. The van der Waals surface area contributed by atoms with Gasteiger partial charge in [0.2, 0.25) is 0 Å². The van der Waals surface area contributed by atoms with Crippen molar-refractivity contribution in [3.8, 4) is 0 Å². The van der Waals surface area contributed by atoms with Crippen LogP contribution in [0.5, 0.6) is 0 Å². The van der Waals surface area contributed by atoms with Crippen molar-refractivity contribution in [2.45, 2.75) is 39.8 Å². The zero-order valence-corrected chi connectivity index (χ0v) is 14.3. The Hall–Kier alpha value is 0.0569. The summed E-state index contributed by atoms with van der Waals surface area (Å²) in [5.74, 6) is 0. The van der Waals surface area contributed by atoms with Gasteiger partial charge in [0.25, 0.3) is 0 Å². The van der Waals surface area contributed by atoms with Crippen molar-refractivity contribution >= 4 is 8.56 Å². The van der Waals surface area contributed by atoms with Gasteiger partial charge in [0.15, 0.2) is 0 Å². The fourth-order valence-corrected chi connectivity index (χ4v) is 5.03. The van der Waals surface area contributed by atoms with Crippen molar-refractivity contribution in [2.75, 3.05) is 52.5 Å². The third-order valence-electron chi connectivity index (χ3n) is 3.79. The molecule has 1 fully saturated rings. The van der Waals surface area contributed by atoms with Gasteiger partial charge in [0.1, 0.15) is 0 Å². The molecule has 1 saturated heterocycles. The molecule has 5 heteroatoms. The first-order valence-corrected chi connectivity index (χ1v) is 10.4. The summed E-state index contributed by atoms with van der Waals surface area (Å²) in [5, 5.41) is 0. The van der Waals surface area contributed by atoms with E-state index in [-0.39, 0.29) is 0 Å². The summed E-state index contributed by atoms with van der Waals surface area (Å²) in [7, 11) is -1.92. The van der Waals surface area contributed by atoms with E-state index in [2.05, 4.69) is 37.1 Å². The quantitative estimate of drug-likeness (QED) is 0.607. The lowest BCUT2D eigenvalue weighted by Crippen LogP contribution is -2.49. The third kappa shape index (κ3) is 6.36. The van der Waals surface area contributed by atoms with Gasteiger partial charge in [-0.05, 0) is 33.4 Å². The lowest BCUT2D eigenvalue weighted by molar-refractivity contribution is 0.130. The van der Waals surface area contributed by atoms with Gasteiger partial charge < -0.3 is 18.7 Å². The number of hydrogen-bond acceptors (Lipinski definition) is 4. The van der Waals surface area contributed by atoms with Gasteiger partial charge in [-0.25, -0.2) is 0 Å².